The maximum atomic E-state index is 11.9. The van der Waals surface area contributed by atoms with Gasteiger partial charge in [0.15, 0.2) is 0 Å². The van der Waals surface area contributed by atoms with Gasteiger partial charge in [0.25, 0.3) is 0 Å². The third-order valence-electron chi connectivity index (χ3n) is 3.46. The van der Waals surface area contributed by atoms with Gasteiger partial charge in [0, 0.05) is 18.8 Å². The summed E-state index contributed by atoms with van der Waals surface area (Å²) in [5.74, 6) is -1.35. The van der Waals surface area contributed by atoms with Crippen LogP contribution in [0.3, 0.4) is 0 Å². The minimum Gasteiger partial charge on any atom is -0.465 e. The van der Waals surface area contributed by atoms with Gasteiger partial charge in [-0.15, -0.1) is 0 Å². The molecule has 0 aromatic rings. The molecule has 4 nitrogen and oxygen atoms in total. The summed E-state index contributed by atoms with van der Waals surface area (Å²) in [6.45, 7) is 5.67. The first-order valence-electron chi connectivity index (χ1n) is 6.69. The van der Waals surface area contributed by atoms with Crippen molar-refractivity contribution in [2.45, 2.75) is 46.5 Å². The molecule has 2 atom stereocenters. The van der Waals surface area contributed by atoms with Crippen molar-refractivity contribution in [3.8, 4) is 0 Å². The summed E-state index contributed by atoms with van der Waals surface area (Å²) in [6.07, 6.45) is 2.27. The quantitative estimate of drug-likeness (QED) is 0.557. The van der Waals surface area contributed by atoms with Crippen LogP contribution in [0.1, 0.15) is 46.5 Å². The van der Waals surface area contributed by atoms with Gasteiger partial charge in [0.05, 0.1) is 6.61 Å². The molecule has 0 aromatic heterocycles. The average molecular weight is 254 g/mol. The van der Waals surface area contributed by atoms with Crippen molar-refractivity contribution >= 4 is 17.5 Å². The van der Waals surface area contributed by atoms with E-state index in [1.165, 1.54) is 0 Å². The van der Waals surface area contributed by atoms with Crippen LogP contribution in [0.25, 0.3) is 0 Å². The number of Topliss-reactive ketones (excluding diaryl/α,β-unsaturated/α-hetero) is 2. The van der Waals surface area contributed by atoms with Gasteiger partial charge in [-0.3, -0.25) is 14.4 Å². The van der Waals surface area contributed by atoms with Gasteiger partial charge in [0.2, 0.25) is 0 Å². The van der Waals surface area contributed by atoms with Crippen molar-refractivity contribution in [3.63, 3.8) is 0 Å². The fourth-order valence-corrected chi connectivity index (χ4v) is 2.39. The van der Waals surface area contributed by atoms with Gasteiger partial charge in [-0.05, 0) is 25.7 Å². The lowest BCUT2D eigenvalue weighted by molar-refractivity contribution is -0.155. The standard InChI is InChI=1S/C14H22O4/c1-4-18-14(17)13-10(6-5-7-11(13)15)8-12(16)9(2)3/h9-10,13H,4-8H2,1-3H3/t10-,13?/m1/s1. The Balaban J connectivity index is 2.75. The highest BCUT2D eigenvalue weighted by Crippen LogP contribution is 2.32. The minimum atomic E-state index is -0.721. The zero-order chi connectivity index (χ0) is 13.7. The van der Waals surface area contributed by atoms with Crippen molar-refractivity contribution in [2.75, 3.05) is 6.61 Å². The molecular formula is C14H22O4. The molecule has 0 saturated heterocycles. The van der Waals surface area contributed by atoms with Crippen molar-refractivity contribution < 1.29 is 19.1 Å². The van der Waals surface area contributed by atoms with Crippen LogP contribution in [0.15, 0.2) is 0 Å². The molecule has 1 aliphatic rings. The molecule has 1 fully saturated rings. The molecule has 4 heteroatoms. The van der Waals surface area contributed by atoms with E-state index in [0.717, 1.165) is 12.8 Å². The Morgan fingerprint density at radius 1 is 1.39 bits per heavy atom. The molecular weight excluding hydrogens is 232 g/mol. The van der Waals surface area contributed by atoms with E-state index in [1.807, 2.05) is 13.8 Å². The normalized spacial score (nSPS) is 24.1. The predicted molar refractivity (Wildman–Crippen MR) is 66.9 cm³/mol. The molecule has 0 amide bonds. The van der Waals surface area contributed by atoms with Gasteiger partial charge in [-0.1, -0.05) is 13.8 Å². The zero-order valence-corrected chi connectivity index (χ0v) is 11.4. The third-order valence-corrected chi connectivity index (χ3v) is 3.46. The van der Waals surface area contributed by atoms with Crippen molar-refractivity contribution in [3.05, 3.63) is 0 Å². The summed E-state index contributed by atoms with van der Waals surface area (Å²) in [4.78, 5) is 35.5. The number of hydrogen-bond acceptors (Lipinski definition) is 4. The van der Waals surface area contributed by atoms with E-state index >= 15 is 0 Å². The first kappa shape index (κ1) is 14.9. The summed E-state index contributed by atoms with van der Waals surface area (Å²) in [5, 5.41) is 0. The Hall–Kier alpha value is -1.19. The lowest BCUT2D eigenvalue weighted by Crippen LogP contribution is -2.37. The van der Waals surface area contributed by atoms with Crippen LogP contribution < -0.4 is 0 Å². The highest BCUT2D eigenvalue weighted by atomic mass is 16.5. The molecule has 0 spiro atoms. The number of rotatable bonds is 5. The highest BCUT2D eigenvalue weighted by molar-refractivity contribution is 6.00. The second-order valence-corrected chi connectivity index (χ2v) is 5.17. The second kappa shape index (κ2) is 6.66. The summed E-state index contributed by atoms with van der Waals surface area (Å²) in [7, 11) is 0. The Labute approximate surface area is 108 Å². The smallest absolute Gasteiger partial charge is 0.316 e. The zero-order valence-electron chi connectivity index (χ0n) is 11.4. The molecule has 0 N–H and O–H groups in total. The number of carbonyl (C=O) groups excluding carboxylic acids is 3. The molecule has 0 heterocycles. The predicted octanol–water partition coefficient (Wildman–Crippen LogP) is 2.15. The SMILES string of the molecule is CCOC(=O)C1C(=O)CCC[C@@H]1CC(=O)C(C)C. The summed E-state index contributed by atoms with van der Waals surface area (Å²) >= 11 is 0. The van der Waals surface area contributed by atoms with Crippen LogP contribution in [-0.4, -0.2) is 24.1 Å². The van der Waals surface area contributed by atoms with Crippen LogP contribution in [0.4, 0.5) is 0 Å². The molecule has 1 saturated carbocycles. The summed E-state index contributed by atoms with van der Waals surface area (Å²) in [6, 6.07) is 0. The summed E-state index contributed by atoms with van der Waals surface area (Å²) < 4.78 is 4.95. The first-order valence-corrected chi connectivity index (χ1v) is 6.69. The fraction of sp³-hybridized carbons (Fsp3) is 0.786. The van der Waals surface area contributed by atoms with E-state index in [9.17, 15) is 14.4 Å². The van der Waals surface area contributed by atoms with Crippen LogP contribution in [0.2, 0.25) is 0 Å². The third kappa shape index (κ3) is 3.65. The van der Waals surface area contributed by atoms with Crippen LogP contribution in [0.5, 0.6) is 0 Å². The van der Waals surface area contributed by atoms with E-state index < -0.39 is 11.9 Å². The monoisotopic (exact) mass is 254 g/mol. The Bertz CT molecular complexity index is 333. The Morgan fingerprint density at radius 2 is 2.06 bits per heavy atom. The highest BCUT2D eigenvalue weighted by Gasteiger charge is 2.39. The fourth-order valence-electron chi connectivity index (χ4n) is 2.39. The molecule has 1 rings (SSSR count). The minimum absolute atomic E-state index is 0.0510. The second-order valence-electron chi connectivity index (χ2n) is 5.17. The van der Waals surface area contributed by atoms with Crippen molar-refractivity contribution in [1.82, 2.24) is 0 Å². The Kier molecular flexibility index (Phi) is 5.51. The summed E-state index contributed by atoms with van der Waals surface area (Å²) in [5.41, 5.74) is 0. The molecule has 0 radical (unpaired) electrons. The largest absolute Gasteiger partial charge is 0.465 e. The molecule has 0 bridgehead atoms. The maximum Gasteiger partial charge on any atom is 0.316 e. The Morgan fingerprint density at radius 3 is 2.61 bits per heavy atom. The van der Waals surface area contributed by atoms with Crippen LogP contribution >= 0.6 is 0 Å². The molecule has 1 aliphatic carbocycles. The van der Waals surface area contributed by atoms with E-state index in [4.69, 9.17) is 4.74 Å². The topological polar surface area (TPSA) is 60.4 Å². The van der Waals surface area contributed by atoms with E-state index in [2.05, 4.69) is 0 Å². The molecule has 102 valence electrons. The molecule has 0 aliphatic heterocycles. The number of ether oxygens (including phenoxy) is 1. The number of ketones is 2. The number of esters is 1. The van der Waals surface area contributed by atoms with Crippen molar-refractivity contribution in [2.24, 2.45) is 17.8 Å². The lowest BCUT2D eigenvalue weighted by Gasteiger charge is -2.28. The van der Waals surface area contributed by atoms with Gasteiger partial charge in [-0.2, -0.15) is 0 Å². The number of hydrogen-bond donors (Lipinski definition) is 0. The van der Waals surface area contributed by atoms with Gasteiger partial charge >= 0.3 is 5.97 Å². The first-order chi connectivity index (χ1) is 8.47. The van der Waals surface area contributed by atoms with E-state index in [1.54, 1.807) is 6.92 Å². The van der Waals surface area contributed by atoms with E-state index in [-0.39, 0.29) is 30.0 Å². The molecule has 0 aromatic carbocycles. The molecule has 18 heavy (non-hydrogen) atoms. The van der Waals surface area contributed by atoms with Gasteiger partial charge in [0.1, 0.15) is 17.5 Å². The van der Waals surface area contributed by atoms with Crippen LogP contribution in [0, 0.1) is 17.8 Å². The van der Waals surface area contributed by atoms with Crippen molar-refractivity contribution in [1.29, 1.82) is 0 Å². The number of carbonyl (C=O) groups is 3. The lowest BCUT2D eigenvalue weighted by atomic mass is 9.75. The van der Waals surface area contributed by atoms with Gasteiger partial charge < -0.3 is 4.74 Å². The van der Waals surface area contributed by atoms with Gasteiger partial charge in [-0.25, -0.2) is 0 Å². The average Bonchev–Trinajstić information content (AvgIpc) is 2.29. The maximum absolute atomic E-state index is 11.9. The molecule has 1 unspecified atom stereocenters. The van der Waals surface area contributed by atoms with E-state index in [0.29, 0.717) is 12.8 Å². The van der Waals surface area contributed by atoms with Crippen LogP contribution in [-0.2, 0) is 19.1 Å².